The van der Waals surface area contributed by atoms with Gasteiger partial charge in [-0.1, -0.05) is 172 Å². The van der Waals surface area contributed by atoms with Crippen LogP contribution in [0.5, 0.6) is 0 Å². The third-order valence-corrected chi connectivity index (χ3v) is 10.7. The molecule has 0 spiro atoms. The van der Waals surface area contributed by atoms with Gasteiger partial charge in [0.25, 0.3) is 7.82 Å². The van der Waals surface area contributed by atoms with Crippen LogP contribution in [-0.4, -0.2) is 81.2 Å². The Hall–Kier alpha value is -1.81. The van der Waals surface area contributed by atoms with Crippen molar-refractivity contribution in [1.29, 1.82) is 0 Å². The second kappa shape index (κ2) is 38.4. The largest absolute Gasteiger partial charge is 0.756 e. The smallest absolute Gasteiger partial charge is 0.306 e. The van der Waals surface area contributed by atoms with Crippen LogP contribution in [0, 0.1) is 0 Å². The fraction of sp³-hybridized carbons (Fsp3) is 0.826. The number of esters is 2. The number of ether oxygens (including phenoxy) is 2. The third-order valence-electron chi connectivity index (χ3n) is 9.77. The van der Waals surface area contributed by atoms with Gasteiger partial charge in [0.15, 0.2) is 6.10 Å². The van der Waals surface area contributed by atoms with Gasteiger partial charge in [0.1, 0.15) is 19.8 Å². The van der Waals surface area contributed by atoms with Gasteiger partial charge in [-0.3, -0.25) is 14.2 Å². The van der Waals surface area contributed by atoms with Crippen molar-refractivity contribution in [3.63, 3.8) is 0 Å². The molecule has 0 saturated carbocycles. The number of aliphatic hydroxyl groups excluding tert-OH is 1. The summed E-state index contributed by atoms with van der Waals surface area (Å²) in [7, 11) is 1.05. The van der Waals surface area contributed by atoms with Crippen molar-refractivity contribution >= 4 is 19.8 Å². The number of phosphoric ester groups is 1. The number of likely N-dealkylation sites (N-methyl/N-ethyl adjacent to an activating group) is 1. The minimum absolute atomic E-state index is 0.00272. The summed E-state index contributed by atoms with van der Waals surface area (Å²) in [6, 6.07) is 0. The maximum atomic E-state index is 12.7. The summed E-state index contributed by atoms with van der Waals surface area (Å²) in [4.78, 5) is 37.6. The molecule has 1 N–H and O–H groups in total. The number of phosphoric acid groups is 1. The van der Waals surface area contributed by atoms with Crippen LogP contribution < -0.4 is 4.89 Å². The average molecular weight is 828 g/mol. The Morgan fingerprint density at radius 2 is 1.18 bits per heavy atom. The van der Waals surface area contributed by atoms with Gasteiger partial charge in [-0.2, -0.15) is 0 Å². The molecule has 0 amide bonds. The molecule has 0 rings (SSSR count). The van der Waals surface area contributed by atoms with Gasteiger partial charge in [0, 0.05) is 12.8 Å². The number of hydrogen-bond acceptors (Lipinski definition) is 9. The molecule has 0 fully saturated rings. The first-order valence-corrected chi connectivity index (χ1v) is 24.3. The van der Waals surface area contributed by atoms with E-state index in [4.69, 9.17) is 18.5 Å². The van der Waals surface area contributed by atoms with Gasteiger partial charge in [0.2, 0.25) is 0 Å². The lowest BCUT2D eigenvalue weighted by atomic mass is 10.0. The summed E-state index contributed by atoms with van der Waals surface area (Å²) < 4.78 is 33.7. The molecule has 0 heterocycles. The Kier molecular flexibility index (Phi) is 37.2. The van der Waals surface area contributed by atoms with Gasteiger partial charge < -0.3 is 33.0 Å². The maximum absolute atomic E-state index is 12.7. The van der Waals surface area contributed by atoms with Crippen molar-refractivity contribution < 1.29 is 47.2 Å². The molecule has 0 aliphatic carbocycles. The number of aliphatic hydroxyl groups is 1. The average Bonchev–Trinajstić information content (AvgIpc) is 3.15. The van der Waals surface area contributed by atoms with Crippen molar-refractivity contribution in [2.75, 3.05) is 47.5 Å². The van der Waals surface area contributed by atoms with E-state index in [0.717, 1.165) is 32.1 Å². The summed E-state index contributed by atoms with van der Waals surface area (Å²) in [6.07, 6.45) is 39.1. The Bertz CT molecular complexity index is 1090. The lowest BCUT2D eigenvalue weighted by molar-refractivity contribution is -0.870. The molecule has 2 unspecified atom stereocenters. The zero-order chi connectivity index (χ0) is 42.3. The molecule has 0 aromatic heterocycles. The first kappa shape index (κ1) is 55.2. The summed E-state index contributed by atoms with van der Waals surface area (Å²) >= 11 is 0. The molecule has 0 aliphatic rings. The molecule has 0 aliphatic heterocycles. The molecule has 334 valence electrons. The highest BCUT2D eigenvalue weighted by molar-refractivity contribution is 7.45. The van der Waals surface area contributed by atoms with Crippen molar-refractivity contribution in [1.82, 2.24) is 0 Å². The topological polar surface area (TPSA) is 131 Å². The van der Waals surface area contributed by atoms with Crippen LogP contribution in [0.25, 0.3) is 0 Å². The van der Waals surface area contributed by atoms with E-state index in [9.17, 15) is 24.2 Å². The zero-order valence-electron chi connectivity index (χ0n) is 37.1. The highest BCUT2D eigenvalue weighted by atomic mass is 31.2. The third kappa shape index (κ3) is 42.1. The van der Waals surface area contributed by atoms with E-state index in [-0.39, 0.29) is 26.1 Å². The highest BCUT2D eigenvalue weighted by Crippen LogP contribution is 2.38. The monoisotopic (exact) mass is 828 g/mol. The van der Waals surface area contributed by atoms with Crippen molar-refractivity contribution in [3.05, 3.63) is 36.5 Å². The van der Waals surface area contributed by atoms with E-state index in [2.05, 4.69) is 26.0 Å². The first-order valence-electron chi connectivity index (χ1n) is 22.8. The van der Waals surface area contributed by atoms with Crippen LogP contribution in [0.1, 0.15) is 187 Å². The predicted molar refractivity (Wildman–Crippen MR) is 233 cm³/mol. The Morgan fingerprint density at radius 1 is 0.649 bits per heavy atom. The lowest BCUT2D eigenvalue weighted by Crippen LogP contribution is -2.37. The fourth-order valence-electron chi connectivity index (χ4n) is 6.13. The van der Waals surface area contributed by atoms with Gasteiger partial charge in [-0.05, 0) is 38.5 Å². The van der Waals surface area contributed by atoms with Crippen LogP contribution in [-0.2, 0) is 32.7 Å². The van der Waals surface area contributed by atoms with Crippen LogP contribution in [0.2, 0.25) is 0 Å². The Morgan fingerprint density at radius 3 is 1.74 bits per heavy atom. The van der Waals surface area contributed by atoms with E-state index >= 15 is 0 Å². The SMILES string of the molecule is CCCCCCCC/C=C/C/C=C/C=C/C(O)CCCC(=O)O[C@H](COC(=O)CCCCCCCCCCCCCCCCC)COP(=O)([O-])OCC[N+](C)(C)C. The predicted octanol–water partition coefficient (Wildman–Crippen LogP) is 11.3. The van der Waals surface area contributed by atoms with E-state index in [1.807, 2.05) is 33.3 Å². The normalized spacial score (nSPS) is 14.4. The van der Waals surface area contributed by atoms with E-state index < -0.39 is 38.6 Å². The molecule has 11 heteroatoms. The molecule has 3 atom stereocenters. The number of nitrogens with zero attached hydrogens (tertiary/aromatic N) is 1. The number of carbonyl (C=O) groups is 2. The molecule has 0 radical (unpaired) electrons. The molecule has 0 bridgehead atoms. The second-order valence-corrected chi connectivity index (χ2v) is 18.0. The van der Waals surface area contributed by atoms with Crippen molar-refractivity contribution in [3.8, 4) is 0 Å². The van der Waals surface area contributed by atoms with Crippen LogP contribution in [0.4, 0.5) is 0 Å². The molecule has 10 nitrogen and oxygen atoms in total. The number of rotatable bonds is 41. The molecular weight excluding hydrogens is 741 g/mol. The Balaban J connectivity index is 4.52. The van der Waals surface area contributed by atoms with Gasteiger partial charge >= 0.3 is 11.9 Å². The molecular formula is C46H86NO9P. The van der Waals surface area contributed by atoms with Gasteiger partial charge in [-0.15, -0.1) is 0 Å². The van der Waals surface area contributed by atoms with Crippen molar-refractivity contribution in [2.24, 2.45) is 0 Å². The number of carbonyl (C=O) groups excluding carboxylic acids is 2. The molecule has 0 aromatic carbocycles. The number of quaternary nitrogens is 1. The second-order valence-electron chi connectivity index (χ2n) is 16.6. The van der Waals surface area contributed by atoms with E-state index in [1.165, 1.54) is 109 Å². The quantitative estimate of drug-likeness (QED) is 0.0160. The maximum Gasteiger partial charge on any atom is 0.306 e. The molecule has 0 saturated heterocycles. The van der Waals surface area contributed by atoms with Gasteiger partial charge in [-0.25, -0.2) is 0 Å². The van der Waals surface area contributed by atoms with E-state index in [0.29, 0.717) is 30.3 Å². The van der Waals surface area contributed by atoms with Gasteiger partial charge in [0.05, 0.1) is 33.9 Å². The number of unbranched alkanes of at least 4 members (excludes halogenated alkanes) is 20. The lowest BCUT2D eigenvalue weighted by Gasteiger charge is -2.28. The molecule has 57 heavy (non-hydrogen) atoms. The summed E-state index contributed by atoms with van der Waals surface area (Å²) in [5.41, 5.74) is 0. The number of allylic oxidation sites excluding steroid dienone is 5. The highest BCUT2D eigenvalue weighted by Gasteiger charge is 2.22. The number of hydrogen-bond donors (Lipinski definition) is 1. The fourth-order valence-corrected chi connectivity index (χ4v) is 6.86. The summed E-state index contributed by atoms with van der Waals surface area (Å²) in [5, 5.41) is 10.3. The minimum Gasteiger partial charge on any atom is -0.756 e. The van der Waals surface area contributed by atoms with E-state index in [1.54, 1.807) is 12.2 Å². The van der Waals surface area contributed by atoms with Crippen molar-refractivity contribution in [2.45, 2.75) is 199 Å². The van der Waals surface area contributed by atoms with Crippen LogP contribution in [0.15, 0.2) is 36.5 Å². The van der Waals surface area contributed by atoms with Crippen LogP contribution >= 0.6 is 7.82 Å². The Labute approximate surface area is 349 Å². The zero-order valence-corrected chi connectivity index (χ0v) is 38.0. The van der Waals surface area contributed by atoms with Crippen LogP contribution in [0.3, 0.4) is 0 Å². The summed E-state index contributed by atoms with van der Waals surface area (Å²) in [5.74, 6) is -1.03. The standard InChI is InChI=1S/C46H86NO9P/c1-6-8-10-12-14-16-18-20-21-23-25-27-29-31-33-37-45(49)53-41-44(42-55-57(51,52)54-40-39-47(3,4)5)56-46(50)38-34-36-43(48)35-32-30-28-26-24-22-19-17-15-13-11-9-7-2/h22,24,28,30,32,35,43-44,48H,6-21,23,25-27,29,31,33-34,36-42H2,1-5H3/b24-22+,30-28+,35-32+/t43?,44-/m1/s1. The first-order chi connectivity index (χ1) is 27.4. The summed E-state index contributed by atoms with van der Waals surface area (Å²) in [6.45, 7) is 4.01. The molecule has 0 aromatic rings. The minimum atomic E-state index is -4.68.